The molecular weight excluding hydrogens is 396 g/mol. The molecule has 0 saturated heterocycles. The number of carbonyl (C=O) groups is 1. The topological polar surface area (TPSA) is 118 Å². The summed E-state index contributed by atoms with van der Waals surface area (Å²) in [5.41, 5.74) is 1.96. The molecule has 0 saturated carbocycles. The summed E-state index contributed by atoms with van der Waals surface area (Å²) in [6.45, 7) is 3.95. The molecule has 0 radical (unpaired) electrons. The fourth-order valence-electron chi connectivity index (χ4n) is 3.54. The van der Waals surface area contributed by atoms with E-state index in [9.17, 15) is 27.9 Å². The minimum Gasteiger partial charge on any atom is -0.343 e. The minimum absolute atomic E-state index is 0.0259. The Morgan fingerprint density at radius 3 is 2.55 bits per heavy atom. The number of rotatable bonds is 5. The van der Waals surface area contributed by atoms with Crippen LogP contribution in [0.2, 0.25) is 0 Å². The number of allylic oxidation sites excluding steroid dienone is 7. The van der Waals surface area contributed by atoms with Crippen molar-refractivity contribution in [3.05, 3.63) is 87.3 Å². The van der Waals surface area contributed by atoms with Gasteiger partial charge in [-0.3, -0.25) is 19.5 Å². The molecule has 9 heteroatoms. The number of fused-ring (bicyclic) bond motifs is 1. The predicted molar refractivity (Wildman–Crippen MR) is 109 cm³/mol. The lowest BCUT2D eigenvalue weighted by atomic mass is 9.83. The van der Waals surface area contributed by atoms with Crippen LogP contribution in [-0.4, -0.2) is 36.0 Å². The van der Waals surface area contributed by atoms with Gasteiger partial charge in [0.05, 0.1) is 10.7 Å². The van der Waals surface area contributed by atoms with Crippen molar-refractivity contribution in [1.29, 1.82) is 0 Å². The molecule has 1 heterocycles. The van der Waals surface area contributed by atoms with Crippen LogP contribution in [0, 0.1) is 10.1 Å². The molecule has 1 aliphatic heterocycles. The molecule has 0 unspecified atom stereocenters. The number of para-hydroxylation sites is 1. The van der Waals surface area contributed by atoms with Crippen molar-refractivity contribution in [1.82, 2.24) is 0 Å². The average molecular weight is 416 g/mol. The average Bonchev–Trinajstić information content (AvgIpc) is 2.85. The van der Waals surface area contributed by atoms with Crippen LogP contribution in [0.1, 0.15) is 19.4 Å². The first-order valence-corrected chi connectivity index (χ1v) is 10.4. The largest absolute Gasteiger partial charge is 0.343 e. The molecule has 3 rings (SSSR count). The van der Waals surface area contributed by atoms with Crippen LogP contribution in [0.5, 0.6) is 0 Å². The lowest BCUT2D eigenvalue weighted by Crippen LogP contribution is -2.30. The number of carbonyl (C=O) groups excluding carboxylic acids is 1. The quantitative estimate of drug-likeness (QED) is 0.339. The van der Waals surface area contributed by atoms with Crippen LogP contribution in [-0.2, 0) is 20.3 Å². The van der Waals surface area contributed by atoms with Crippen LogP contribution in [0.4, 0.5) is 5.69 Å². The molecule has 1 aliphatic carbocycles. The molecular formula is C20H20N2O6S. The summed E-state index contributed by atoms with van der Waals surface area (Å²) in [5.74, 6) is -0.816. The first kappa shape index (κ1) is 20.7. The molecule has 152 valence electrons. The third kappa shape index (κ3) is 4.20. The fraction of sp³-hybridized carbons (Fsp3) is 0.250. The van der Waals surface area contributed by atoms with Gasteiger partial charge in [0.2, 0.25) is 0 Å². The summed E-state index contributed by atoms with van der Waals surface area (Å²) in [7, 11) is -4.17. The van der Waals surface area contributed by atoms with Crippen molar-refractivity contribution >= 4 is 21.6 Å². The van der Waals surface area contributed by atoms with E-state index >= 15 is 0 Å². The van der Waals surface area contributed by atoms with Crippen LogP contribution < -0.4 is 4.90 Å². The van der Waals surface area contributed by atoms with Crippen LogP contribution in [0.3, 0.4) is 0 Å². The van der Waals surface area contributed by atoms with E-state index in [1.54, 1.807) is 11.0 Å². The zero-order chi connectivity index (χ0) is 21.4. The van der Waals surface area contributed by atoms with E-state index in [1.165, 1.54) is 12.2 Å². The highest BCUT2D eigenvalue weighted by atomic mass is 32.2. The van der Waals surface area contributed by atoms with Gasteiger partial charge in [-0.1, -0.05) is 32.0 Å². The monoisotopic (exact) mass is 416 g/mol. The molecule has 29 heavy (non-hydrogen) atoms. The van der Waals surface area contributed by atoms with Crippen LogP contribution in [0.25, 0.3) is 0 Å². The van der Waals surface area contributed by atoms with Gasteiger partial charge in [0.25, 0.3) is 15.8 Å². The van der Waals surface area contributed by atoms with Gasteiger partial charge in [0.15, 0.2) is 5.78 Å². The lowest BCUT2D eigenvalue weighted by Gasteiger charge is -2.26. The van der Waals surface area contributed by atoms with E-state index in [2.05, 4.69) is 0 Å². The molecule has 0 bridgehead atoms. The number of ketones is 1. The van der Waals surface area contributed by atoms with Crippen molar-refractivity contribution in [2.24, 2.45) is 0 Å². The molecule has 0 fully saturated rings. The Labute approximate surface area is 168 Å². The van der Waals surface area contributed by atoms with E-state index in [-0.39, 0.29) is 23.6 Å². The highest BCUT2D eigenvalue weighted by Gasteiger charge is 2.39. The number of anilines is 1. The Hall–Kier alpha value is -3.04. The third-order valence-electron chi connectivity index (χ3n) is 5.00. The third-order valence-corrected chi connectivity index (χ3v) is 5.70. The number of hydrogen-bond donors (Lipinski definition) is 1. The molecule has 8 nitrogen and oxygen atoms in total. The Balaban J connectivity index is 2.06. The molecule has 0 amide bonds. The number of nitro groups is 1. The van der Waals surface area contributed by atoms with Crippen LogP contribution >= 0.6 is 0 Å². The van der Waals surface area contributed by atoms with Gasteiger partial charge in [0, 0.05) is 41.1 Å². The summed E-state index contributed by atoms with van der Waals surface area (Å²) < 4.78 is 31.8. The standard InChI is InChI=1S/C20H20N2O6S/c1-20(2)16-5-3-4-6-17(16)21(11-12-29(26,27)28)19(20)10-7-14-13-15(22(24)25)8-9-18(14)23/h3-10,13H,11-12H2,1-2H3,(H,26,27,28)/b14-7-,19-10+. The first-order chi connectivity index (χ1) is 13.5. The number of benzene rings is 1. The molecule has 1 aromatic rings. The lowest BCUT2D eigenvalue weighted by molar-refractivity contribution is -0.419. The van der Waals surface area contributed by atoms with E-state index in [0.717, 1.165) is 23.4 Å². The van der Waals surface area contributed by atoms with Crippen molar-refractivity contribution < 1.29 is 22.7 Å². The second-order valence-corrected chi connectivity index (χ2v) is 8.85. The summed E-state index contributed by atoms with van der Waals surface area (Å²) >= 11 is 0. The Morgan fingerprint density at radius 1 is 1.21 bits per heavy atom. The van der Waals surface area contributed by atoms with Crippen molar-refractivity contribution in [2.45, 2.75) is 19.3 Å². The second-order valence-electron chi connectivity index (χ2n) is 7.28. The van der Waals surface area contributed by atoms with E-state index in [4.69, 9.17) is 0 Å². The van der Waals surface area contributed by atoms with Gasteiger partial charge >= 0.3 is 0 Å². The van der Waals surface area contributed by atoms with E-state index < -0.39 is 26.2 Å². The SMILES string of the molecule is CC1(C)/C(=C\C=C2\C=C([N+](=O)[O-])C=CC2=O)N(CCS(=O)(=O)O)c2ccccc21. The van der Waals surface area contributed by atoms with Gasteiger partial charge in [-0.2, -0.15) is 8.42 Å². The number of nitrogens with zero attached hydrogens (tertiary/aromatic N) is 2. The maximum atomic E-state index is 12.1. The highest BCUT2D eigenvalue weighted by molar-refractivity contribution is 7.85. The second kappa shape index (κ2) is 7.41. The van der Waals surface area contributed by atoms with Gasteiger partial charge < -0.3 is 4.90 Å². The zero-order valence-electron chi connectivity index (χ0n) is 15.9. The summed E-state index contributed by atoms with van der Waals surface area (Å²) in [5, 5.41) is 11.0. The van der Waals surface area contributed by atoms with E-state index in [1.807, 2.05) is 38.1 Å². The minimum atomic E-state index is -4.17. The Bertz CT molecular complexity index is 1110. The summed E-state index contributed by atoms with van der Waals surface area (Å²) in [6.07, 6.45) is 6.67. The molecule has 0 atom stereocenters. The Morgan fingerprint density at radius 2 is 1.90 bits per heavy atom. The molecule has 1 aromatic carbocycles. The first-order valence-electron chi connectivity index (χ1n) is 8.84. The van der Waals surface area contributed by atoms with Crippen molar-refractivity contribution in [3.63, 3.8) is 0 Å². The maximum absolute atomic E-state index is 12.1. The molecule has 1 N–H and O–H groups in total. The normalized spacial score (nSPS) is 20.9. The number of hydrogen-bond acceptors (Lipinski definition) is 6. The van der Waals surface area contributed by atoms with Crippen LogP contribution in [0.15, 0.2) is 71.6 Å². The smallest absolute Gasteiger partial charge is 0.270 e. The van der Waals surface area contributed by atoms with Gasteiger partial charge in [0.1, 0.15) is 0 Å². The maximum Gasteiger partial charge on any atom is 0.270 e. The zero-order valence-corrected chi connectivity index (χ0v) is 16.7. The molecule has 0 spiro atoms. The van der Waals surface area contributed by atoms with Crippen molar-refractivity contribution in [2.75, 3.05) is 17.2 Å². The Kier molecular flexibility index (Phi) is 5.29. The predicted octanol–water partition coefficient (Wildman–Crippen LogP) is 2.78. The fourth-order valence-corrected chi connectivity index (χ4v) is 3.95. The highest BCUT2D eigenvalue weighted by Crippen LogP contribution is 2.47. The summed E-state index contributed by atoms with van der Waals surface area (Å²) in [4.78, 5) is 24.3. The van der Waals surface area contributed by atoms with Gasteiger partial charge in [-0.25, -0.2) is 0 Å². The van der Waals surface area contributed by atoms with Gasteiger partial charge in [-0.15, -0.1) is 0 Å². The van der Waals surface area contributed by atoms with Gasteiger partial charge in [-0.05, 0) is 29.9 Å². The van der Waals surface area contributed by atoms with E-state index in [0.29, 0.717) is 5.70 Å². The summed E-state index contributed by atoms with van der Waals surface area (Å²) in [6, 6.07) is 7.50. The molecule has 2 aliphatic rings. The van der Waals surface area contributed by atoms with Crippen molar-refractivity contribution in [3.8, 4) is 0 Å². The molecule has 0 aromatic heterocycles.